The van der Waals surface area contributed by atoms with Crippen molar-refractivity contribution in [3.63, 3.8) is 0 Å². The lowest BCUT2D eigenvalue weighted by molar-refractivity contribution is -0.0713. The van der Waals surface area contributed by atoms with E-state index in [1.165, 1.54) is 0 Å². The largest absolute Gasteiger partial charge is 0.486 e. The van der Waals surface area contributed by atoms with Crippen molar-refractivity contribution in [2.24, 2.45) is 0 Å². The van der Waals surface area contributed by atoms with Gasteiger partial charge in [0.05, 0.1) is 37.6 Å². The van der Waals surface area contributed by atoms with Crippen molar-refractivity contribution in [3.8, 4) is 29.0 Å². The highest BCUT2D eigenvalue weighted by atomic mass is 19.1. The van der Waals surface area contributed by atoms with Gasteiger partial charge in [-0.3, -0.25) is 4.90 Å². The van der Waals surface area contributed by atoms with E-state index in [0.29, 0.717) is 59.6 Å². The molecule has 0 aliphatic carbocycles. The topological polar surface area (TPSA) is 117 Å². The molecule has 0 bridgehead atoms. The Hall–Kier alpha value is -3.85. The van der Waals surface area contributed by atoms with Crippen LogP contribution in [0, 0.1) is 11.3 Å². The monoisotopic (exact) mass is 559 g/mol. The second-order valence-electron chi connectivity index (χ2n) is 10.7. The fraction of sp³-hybridized carbons (Fsp3) is 0.467. The van der Waals surface area contributed by atoms with Gasteiger partial charge in [0.25, 0.3) is 0 Å². The van der Waals surface area contributed by atoms with E-state index >= 15 is 0 Å². The van der Waals surface area contributed by atoms with Crippen LogP contribution in [0.5, 0.6) is 11.6 Å². The molecule has 3 aliphatic rings. The molecule has 0 amide bonds. The summed E-state index contributed by atoms with van der Waals surface area (Å²) in [4.78, 5) is 16.2. The second kappa shape index (κ2) is 12.3. The minimum Gasteiger partial charge on any atom is -0.486 e. The lowest BCUT2D eigenvalue weighted by Gasteiger charge is -2.41. The summed E-state index contributed by atoms with van der Waals surface area (Å²) >= 11 is 0. The summed E-state index contributed by atoms with van der Waals surface area (Å²) in [6, 6.07) is 13.7. The third-order valence-electron chi connectivity index (χ3n) is 8.11. The zero-order chi connectivity index (χ0) is 28.2. The number of anilines is 2. The molecule has 2 aromatic heterocycles. The average molecular weight is 560 g/mol. The highest BCUT2D eigenvalue weighted by molar-refractivity contribution is 5.65. The van der Waals surface area contributed by atoms with Gasteiger partial charge < -0.3 is 24.8 Å². The number of nitriles is 1. The van der Waals surface area contributed by atoms with Gasteiger partial charge in [-0.2, -0.15) is 10.2 Å². The van der Waals surface area contributed by atoms with Crippen molar-refractivity contribution in [1.82, 2.24) is 25.2 Å². The standard InChI is InChI=1S/C30H34FN7O3/c1-39-29-23(19-8-12-38(13-9-19)22-17-40-18-22)3-5-28(36-29)37-30-34-11-6-25(35-30)20-2-4-26(21(14-20)15-32)41-27-7-10-33-16-24(27)31/h2-6,11,14,19,22,24,27,33H,7-10,12-13,16-18H2,1H3,(H,34,35,36,37). The summed E-state index contributed by atoms with van der Waals surface area (Å²) in [5.74, 6) is 2.33. The van der Waals surface area contributed by atoms with Crippen LogP contribution >= 0.6 is 0 Å². The molecule has 0 radical (unpaired) electrons. The highest BCUT2D eigenvalue weighted by Crippen LogP contribution is 2.35. The maximum Gasteiger partial charge on any atom is 0.228 e. The van der Waals surface area contributed by atoms with Crippen LogP contribution < -0.4 is 20.1 Å². The molecule has 6 rings (SSSR count). The Morgan fingerprint density at radius 2 is 1.98 bits per heavy atom. The van der Waals surface area contributed by atoms with E-state index in [-0.39, 0.29) is 6.54 Å². The summed E-state index contributed by atoms with van der Waals surface area (Å²) in [6.45, 7) is 4.73. The number of likely N-dealkylation sites (tertiary alicyclic amines) is 1. The van der Waals surface area contributed by atoms with Gasteiger partial charge in [-0.05, 0) is 81.2 Å². The summed E-state index contributed by atoms with van der Waals surface area (Å²) in [5.41, 5.74) is 2.80. The summed E-state index contributed by atoms with van der Waals surface area (Å²) in [5, 5.41) is 15.9. The molecule has 3 saturated heterocycles. The molecule has 3 aromatic rings. The van der Waals surface area contributed by atoms with Gasteiger partial charge in [0, 0.05) is 23.9 Å². The van der Waals surface area contributed by atoms with Crippen molar-refractivity contribution >= 4 is 11.8 Å². The molecule has 41 heavy (non-hydrogen) atoms. The van der Waals surface area contributed by atoms with Crippen LogP contribution in [-0.4, -0.2) is 84.7 Å². The number of halogens is 1. The van der Waals surface area contributed by atoms with Crippen LogP contribution in [0.3, 0.4) is 0 Å². The van der Waals surface area contributed by atoms with Crippen LogP contribution in [0.15, 0.2) is 42.6 Å². The second-order valence-corrected chi connectivity index (χ2v) is 10.7. The summed E-state index contributed by atoms with van der Waals surface area (Å²) in [7, 11) is 1.65. The molecule has 0 saturated carbocycles. The minimum absolute atomic E-state index is 0.251. The molecule has 2 atom stereocenters. The maximum atomic E-state index is 14.2. The van der Waals surface area contributed by atoms with Crippen molar-refractivity contribution in [1.29, 1.82) is 5.26 Å². The molecular weight excluding hydrogens is 525 g/mol. The van der Waals surface area contributed by atoms with Gasteiger partial charge in [-0.15, -0.1) is 0 Å². The number of hydrogen-bond donors (Lipinski definition) is 2. The van der Waals surface area contributed by atoms with E-state index < -0.39 is 12.3 Å². The first-order chi connectivity index (χ1) is 20.1. The number of aromatic nitrogens is 3. The molecule has 5 heterocycles. The smallest absolute Gasteiger partial charge is 0.228 e. The Morgan fingerprint density at radius 3 is 2.71 bits per heavy atom. The Bertz CT molecular complexity index is 1410. The quantitative estimate of drug-likeness (QED) is 0.422. The normalized spacial score (nSPS) is 22.0. The molecule has 1 aromatic carbocycles. The van der Waals surface area contributed by atoms with E-state index in [0.717, 1.165) is 50.3 Å². The first-order valence-corrected chi connectivity index (χ1v) is 14.1. The molecule has 2 unspecified atom stereocenters. The zero-order valence-corrected chi connectivity index (χ0v) is 23.1. The Morgan fingerprint density at radius 1 is 1.12 bits per heavy atom. The highest BCUT2D eigenvalue weighted by Gasteiger charge is 2.31. The Labute approximate surface area is 238 Å². The number of ether oxygens (including phenoxy) is 3. The predicted octanol–water partition coefficient (Wildman–Crippen LogP) is 3.82. The number of alkyl halides is 1. The van der Waals surface area contributed by atoms with E-state index in [4.69, 9.17) is 19.2 Å². The lowest BCUT2D eigenvalue weighted by Crippen LogP contribution is -2.51. The van der Waals surface area contributed by atoms with Gasteiger partial charge in [-0.25, -0.2) is 14.4 Å². The Kier molecular flexibility index (Phi) is 8.23. The van der Waals surface area contributed by atoms with Gasteiger partial charge in [-0.1, -0.05) is 0 Å². The Balaban J connectivity index is 1.14. The number of nitrogens with zero attached hydrogens (tertiary/aromatic N) is 5. The molecule has 3 fully saturated rings. The van der Waals surface area contributed by atoms with Gasteiger partial charge >= 0.3 is 0 Å². The number of benzene rings is 1. The number of nitrogens with one attached hydrogen (secondary N) is 2. The third kappa shape index (κ3) is 6.10. The van der Waals surface area contributed by atoms with Crippen LogP contribution in [0.25, 0.3) is 11.3 Å². The maximum absolute atomic E-state index is 14.2. The van der Waals surface area contributed by atoms with Crippen molar-refractivity contribution in [2.45, 2.75) is 43.5 Å². The van der Waals surface area contributed by atoms with E-state index in [9.17, 15) is 9.65 Å². The third-order valence-corrected chi connectivity index (χ3v) is 8.11. The zero-order valence-electron chi connectivity index (χ0n) is 23.1. The molecule has 214 valence electrons. The number of hydrogen-bond acceptors (Lipinski definition) is 10. The van der Waals surface area contributed by atoms with Crippen LogP contribution in [-0.2, 0) is 4.74 Å². The van der Waals surface area contributed by atoms with Gasteiger partial charge in [0.2, 0.25) is 11.8 Å². The lowest BCUT2D eigenvalue weighted by atomic mass is 9.89. The fourth-order valence-electron chi connectivity index (χ4n) is 5.67. The fourth-order valence-corrected chi connectivity index (χ4v) is 5.67. The predicted molar refractivity (Wildman–Crippen MR) is 151 cm³/mol. The number of pyridine rings is 1. The molecule has 2 N–H and O–H groups in total. The number of rotatable bonds is 8. The van der Waals surface area contributed by atoms with E-state index in [1.807, 2.05) is 12.1 Å². The van der Waals surface area contributed by atoms with E-state index in [1.54, 1.807) is 31.5 Å². The summed E-state index contributed by atoms with van der Waals surface area (Å²) in [6.07, 6.45) is 2.63. The SMILES string of the molecule is COc1nc(Nc2nccc(-c3ccc(OC4CCNCC4F)c(C#N)c3)n2)ccc1C1CCN(C2COC2)CC1. The van der Waals surface area contributed by atoms with Crippen molar-refractivity contribution < 1.29 is 18.6 Å². The van der Waals surface area contributed by atoms with Crippen molar-refractivity contribution in [2.75, 3.05) is 51.8 Å². The molecule has 10 nitrogen and oxygen atoms in total. The number of methoxy groups -OCH3 is 1. The van der Waals surface area contributed by atoms with Crippen LogP contribution in [0.4, 0.5) is 16.2 Å². The van der Waals surface area contributed by atoms with Gasteiger partial charge in [0.15, 0.2) is 0 Å². The number of piperidine rings is 2. The van der Waals surface area contributed by atoms with Crippen LogP contribution in [0.2, 0.25) is 0 Å². The summed E-state index contributed by atoms with van der Waals surface area (Å²) < 4.78 is 31.1. The molecular formula is C30H34FN7O3. The molecule has 11 heteroatoms. The van der Waals surface area contributed by atoms with Gasteiger partial charge in [0.1, 0.15) is 29.9 Å². The van der Waals surface area contributed by atoms with Crippen LogP contribution in [0.1, 0.15) is 36.3 Å². The molecule has 0 spiro atoms. The molecule has 3 aliphatic heterocycles. The van der Waals surface area contributed by atoms with E-state index in [2.05, 4.69) is 37.6 Å². The average Bonchev–Trinajstić information content (AvgIpc) is 2.98. The first-order valence-electron chi connectivity index (χ1n) is 14.1. The minimum atomic E-state index is -1.12. The first kappa shape index (κ1) is 27.3. The van der Waals surface area contributed by atoms with Crippen molar-refractivity contribution in [3.05, 3.63) is 53.7 Å².